The molecular weight excluding hydrogens is 766 g/mol. The Kier molecular flexibility index (Phi) is 14.0. The van der Waals surface area contributed by atoms with E-state index >= 15 is 0 Å². The van der Waals surface area contributed by atoms with Crippen LogP contribution in [-0.4, -0.2) is 132 Å². The molecule has 16 heteroatoms. The van der Waals surface area contributed by atoms with E-state index in [2.05, 4.69) is 56.3 Å². The van der Waals surface area contributed by atoms with Gasteiger partial charge in [-0.25, -0.2) is 14.4 Å². The Labute approximate surface area is 341 Å². The van der Waals surface area contributed by atoms with Crippen molar-refractivity contribution < 1.29 is 28.6 Å². The minimum Gasteiger partial charge on any atom is -0.543 e. The summed E-state index contributed by atoms with van der Waals surface area (Å²) >= 11 is 2.76. The van der Waals surface area contributed by atoms with Gasteiger partial charge < -0.3 is 34.4 Å². The third kappa shape index (κ3) is 11.4. The average molecular weight is 816 g/mol. The van der Waals surface area contributed by atoms with Crippen LogP contribution in [0.25, 0.3) is 10.2 Å². The summed E-state index contributed by atoms with van der Waals surface area (Å²) in [5, 5.41) is 37.0. The summed E-state index contributed by atoms with van der Waals surface area (Å²) in [5.41, 5.74) is 2.10. The molecule has 5 aromatic rings. The molecule has 3 aromatic heterocycles. The lowest BCUT2D eigenvalue weighted by Gasteiger charge is -2.42. The first-order valence-corrected chi connectivity index (χ1v) is 20.7. The van der Waals surface area contributed by atoms with Gasteiger partial charge in [-0.3, -0.25) is 9.80 Å². The van der Waals surface area contributed by atoms with Crippen LogP contribution in [0.2, 0.25) is 0 Å². The van der Waals surface area contributed by atoms with E-state index in [4.69, 9.17) is 4.74 Å². The van der Waals surface area contributed by atoms with E-state index in [1.54, 1.807) is 12.1 Å². The van der Waals surface area contributed by atoms with Crippen LogP contribution in [0.1, 0.15) is 45.8 Å². The smallest absolute Gasteiger partial charge is 0.191 e. The van der Waals surface area contributed by atoms with Crippen LogP contribution < -0.4 is 20.1 Å². The zero-order chi connectivity index (χ0) is 40.5. The first kappa shape index (κ1) is 41.9. The van der Waals surface area contributed by atoms with E-state index in [1.165, 1.54) is 28.7 Å². The molecule has 0 saturated carbocycles. The molecule has 0 spiro atoms. The molecular formula is C41H50FN9O4S2. The van der Waals surface area contributed by atoms with Crippen molar-refractivity contribution in [2.24, 2.45) is 0 Å². The van der Waals surface area contributed by atoms with Crippen molar-refractivity contribution in [3.05, 3.63) is 76.0 Å². The number of aryl methyl sites for hydroxylation is 2. The summed E-state index contributed by atoms with van der Waals surface area (Å²) in [4.78, 5) is 28.2. The summed E-state index contributed by atoms with van der Waals surface area (Å²) in [6.45, 7) is 7.68. The van der Waals surface area contributed by atoms with Gasteiger partial charge in [0.05, 0.1) is 49.5 Å². The van der Waals surface area contributed by atoms with E-state index in [9.17, 15) is 19.4 Å². The zero-order valence-electron chi connectivity index (χ0n) is 33.1. The number of nitrogens with one attached hydrogen (secondary N) is 1. The Morgan fingerprint density at radius 1 is 1.12 bits per heavy atom. The molecule has 57 heavy (non-hydrogen) atoms. The number of quaternary nitrogens is 1. The largest absolute Gasteiger partial charge is 0.543 e. The van der Waals surface area contributed by atoms with Crippen molar-refractivity contribution in [2.75, 3.05) is 90.8 Å². The number of halogens is 1. The van der Waals surface area contributed by atoms with E-state index in [0.717, 1.165) is 46.4 Å². The van der Waals surface area contributed by atoms with Gasteiger partial charge in [0.15, 0.2) is 33.5 Å². The first-order chi connectivity index (χ1) is 27.4. The molecule has 13 nitrogen and oxygen atoms in total. The Bertz CT molecular complexity index is 2180. The molecule has 302 valence electrons. The fourth-order valence-electron chi connectivity index (χ4n) is 6.57. The van der Waals surface area contributed by atoms with Crippen molar-refractivity contribution >= 4 is 60.8 Å². The average Bonchev–Trinajstić information content (AvgIpc) is 3.79. The Hall–Kier alpha value is -4.76. The van der Waals surface area contributed by atoms with Gasteiger partial charge in [-0.1, -0.05) is 35.3 Å². The molecule has 0 radical (unpaired) electrons. The lowest BCUT2D eigenvalue weighted by molar-refractivity contribution is -0.916. The van der Waals surface area contributed by atoms with Gasteiger partial charge in [-0.15, -0.1) is 21.5 Å². The van der Waals surface area contributed by atoms with Gasteiger partial charge in [0.1, 0.15) is 18.3 Å². The normalized spacial score (nSPS) is 14.7. The molecule has 1 aliphatic rings. The number of carboxylic acid groups (broad SMARTS) is 1. The van der Waals surface area contributed by atoms with Gasteiger partial charge in [0.2, 0.25) is 0 Å². The van der Waals surface area contributed by atoms with Gasteiger partial charge in [-0.2, -0.15) is 0 Å². The molecule has 1 atom stereocenters. The number of aliphatic hydroxyl groups excluding tert-OH is 1. The maximum Gasteiger partial charge on any atom is 0.191 e. The van der Waals surface area contributed by atoms with Gasteiger partial charge in [-0.05, 0) is 95.7 Å². The Balaban J connectivity index is 1.16. The Morgan fingerprint density at radius 3 is 2.63 bits per heavy atom. The Morgan fingerprint density at radius 2 is 1.91 bits per heavy atom. The number of aromatic carboxylic acids is 1. The van der Waals surface area contributed by atoms with Crippen molar-refractivity contribution in [1.82, 2.24) is 30.0 Å². The fourth-order valence-corrected chi connectivity index (χ4v) is 8.56. The molecule has 4 heterocycles. The number of para-hydroxylation sites is 1. The number of likely N-dealkylation sites (N-methyl/N-ethyl adjacent to an activating group) is 2. The number of thiazole rings is 2. The van der Waals surface area contributed by atoms with Gasteiger partial charge in [0.25, 0.3) is 0 Å². The summed E-state index contributed by atoms with van der Waals surface area (Å²) in [7, 11) is 8.15. The lowest BCUT2D eigenvalue weighted by Crippen LogP contribution is -2.58. The second kappa shape index (κ2) is 19.1. The van der Waals surface area contributed by atoms with Gasteiger partial charge >= 0.3 is 0 Å². The highest BCUT2D eigenvalue weighted by molar-refractivity contribution is 7.22. The molecule has 0 bridgehead atoms. The third-order valence-electron chi connectivity index (χ3n) is 9.86. The summed E-state index contributed by atoms with van der Waals surface area (Å²) in [5.74, 6) is 5.18. The number of fused-ring (bicyclic) bond motifs is 1. The maximum atomic E-state index is 14.8. The highest BCUT2D eigenvalue weighted by Crippen LogP contribution is 2.34. The fraction of sp³-hybridized carbons (Fsp3) is 0.439. The topological polar surface area (TPSA) is 143 Å². The number of aromatic nitrogens is 4. The molecule has 2 aromatic carbocycles. The number of carboxylic acids is 1. The van der Waals surface area contributed by atoms with Crippen LogP contribution in [0.4, 0.5) is 26.3 Å². The van der Waals surface area contributed by atoms with Crippen LogP contribution in [0.15, 0.2) is 48.5 Å². The van der Waals surface area contributed by atoms with E-state index in [1.807, 2.05) is 61.2 Å². The van der Waals surface area contributed by atoms with Crippen molar-refractivity contribution in [3.63, 3.8) is 0 Å². The van der Waals surface area contributed by atoms with Crippen LogP contribution >= 0.6 is 22.7 Å². The lowest BCUT2D eigenvalue weighted by atomic mass is 10.1. The molecule has 0 aliphatic carbocycles. The van der Waals surface area contributed by atoms with Crippen molar-refractivity contribution in [3.8, 4) is 17.6 Å². The zero-order valence-corrected chi connectivity index (χ0v) is 34.8. The SMILES string of the molecule is Cc1cc(N(CCCC(O)C[N+]2(C)CCN(C)CC2)c2nc(C(=O)[O-])c(CCCOc3ccc(C#CCN(C)C)cc3F)s2)nnc1Nc1nc2ccccc2s1. The number of hydrogen-bond donors (Lipinski definition) is 2. The standard InChI is InChI=1S/C41H50FN9O4S2/c1-28-25-36(46-47-38(28)45-40-43-32-13-6-7-14-34(32)56-40)50(19-9-12-30(52)27-51(5)22-20-49(4)21-23-51)41-44-37(39(53)54)35(57-41)15-10-24-55-33-17-16-29(26-31(33)42)11-8-18-48(2)3/h6-7,13-14,16-17,25-26,30,52H,9-10,12,15,18-24,27H2,1-5H3,(H-,43,45,47,53,54). The van der Waals surface area contributed by atoms with Crippen molar-refractivity contribution in [1.29, 1.82) is 0 Å². The number of rotatable bonds is 17. The molecule has 6 rings (SSSR count). The number of piperazine rings is 1. The summed E-state index contributed by atoms with van der Waals surface area (Å²) < 4.78 is 22.4. The first-order valence-electron chi connectivity index (χ1n) is 19.1. The number of hydrogen-bond acceptors (Lipinski definition) is 14. The van der Waals surface area contributed by atoms with E-state index < -0.39 is 17.9 Å². The predicted molar refractivity (Wildman–Crippen MR) is 222 cm³/mol. The molecule has 1 saturated heterocycles. The van der Waals surface area contributed by atoms with Gasteiger partial charge in [0, 0.05) is 30.1 Å². The van der Waals surface area contributed by atoms with Crippen molar-refractivity contribution in [2.45, 2.75) is 38.7 Å². The number of carbonyl (C=O) groups is 1. The molecule has 1 fully saturated rings. The summed E-state index contributed by atoms with van der Waals surface area (Å²) in [6.07, 6.45) is 1.38. The van der Waals surface area contributed by atoms with Crippen LogP contribution in [-0.2, 0) is 6.42 Å². The summed E-state index contributed by atoms with van der Waals surface area (Å²) in [6, 6.07) is 14.4. The number of nitrogens with zero attached hydrogens (tertiary/aromatic N) is 8. The molecule has 0 amide bonds. The second-order valence-corrected chi connectivity index (χ2v) is 17.1. The molecule has 1 unspecified atom stereocenters. The quantitative estimate of drug-likeness (QED) is 0.0764. The third-order valence-corrected chi connectivity index (χ3v) is 11.9. The number of benzene rings is 2. The molecule has 2 N–H and O–H groups in total. The highest BCUT2D eigenvalue weighted by atomic mass is 32.1. The number of aliphatic hydroxyl groups is 1. The molecule has 1 aliphatic heterocycles. The maximum absolute atomic E-state index is 14.8. The van der Waals surface area contributed by atoms with E-state index in [0.29, 0.717) is 77.7 Å². The number of carbonyl (C=O) groups excluding carboxylic acids is 1. The number of anilines is 4. The van der Waals surface area contributed by atoms with Crippen LogP contribution in [0.3, 0.4) is 0 Å². The second-order valence-electron chi connectivity index (χ2n) is 15.0. The minimum atomic E-state index is -1.39. The van der Waals surface area contributed by atoms with Crippen LogP contribution in [0, 0.1) is 24.6 Å². The monoisotopic (exact) mass is 815 g/mol. The van der Waals surface area contributed by atoms with Crippen LogP contribution in [0.5, 0.6) is 5.75 Å². The van der Waals surface area contributed by atoms with E-state index in [-0.39, 0.29) is 18.1 Å². The number of ether oxygens (including phenoxy) is 1. The predicted octanol–water partition coefficient (Wildman–Crippen LogP) is 4.69. The minimum absolute atomic E-state index is 0.102. The highest BCUT2D eigenvalue weighted by Gasteiger charge is 2.30.